The normalized spacial score (nSPS) is 12.3. The Morgan fingerprint density at radius 3 is 2.42 bits per heavy atom. The molecule has 0 aliphatic carbocycles. The highest BCUT2D eigenvalue weighted by Crippen LogP contribution is 2.32. The molecule has 0 radical (unpaired) electrons. The van der Waals surface area contributed by atoms with Crippen LogP contribution < -0.4 is 10.5 Å². The van der Waals surface area contributed by atoms with Gasteiger partial charge in [-0.05, 0) is 41.8 Å². The van der Waals surface area contributed by atoms with Crippen LogP contribution in [0.25, 0.3) is 0 Å². The Hall–Kier alpha value is -1.22. The molecule has 100 valence electrons. The number of ether oxygens (including phenoxy) is 1. The van der Waals surface area contributed by atoms with E-state index < -0.39 is 0 Å². The number of hydrogen-bond acceptors (Lipinski definition) is 2. The van der Waals surface area contributed by atoms with E-state index in [1.54, 1.807) is 13.2 Å². The van der Waals surface area contributed by atoms with Gasteiger partial charge in [-0.2, -0.15) is 0 Å². The Bertz CT molecular complexity index is 599. The second-order valence-electron chi connectivity index (χ2n) is 4.40. The van der Waals surface area contributed by atoms with Crippen molar-refractivity contribution < 1.29 is 4.74 Å². The van der Waals surface area contributed by atoms with Gasteiger partial charge in [-0.15, -0.1) is 0 Å². The summed E-state index contributed by atoms with van der Waals surface area (Å²) in [4.78, 5) is 0. The molecular weight excluding hydrogens is 281 g/mol. The monoisotopic (exact) mass is 295 g/mol. The first-order valence-electron chi connectivity index (χ1n) is 5.88. The summed E-state index contributed by atoms with van der Waals surface area (Å²) in [5, 5.41) is 1.23. The van der Waals surface area contributed by atoms with E-state index in [2.05, 4.69) is 0 Å². The van der Waals surface area contributed by atoms with Crippen molar-refractivity contribution in [3.8, 4) is 5.75 Å². The number of benzene rings is 2. The van der Waals surface area contributed by atoms with Gasteiger partial charge in [-0.1, -0.05) is 41.4 Å². The SMILES string of the molecule is COc1cc(C(N)c2ccc(C)cc2Cl)ccc1Cl. The van der Waals surface area contributed by atoms with Gasteiger partial charge in [0.15, 0.2) is 0 Å². The standard InChI is InChI=1S/C15H15Cl2NO/c1-9-3-5-11(13(17)7-9)15(18)10-4-6-12(16)14(8-10)19-2/h3-8,15H,18H2,1-2H3. The van der Waals surface area contributed by atoms with E-state index >= 15 is 0 Å². The van der Waals surface area contributed by atoms with E-state index in [0.29, 0.717) is 15.8 Å². The molecule has 0 bridgehead atoms. The smallest absolute Gasteiger partial charge is 0.137 e. The van der Waals surface area contributed by atoms with Crippen LogP contribution in [0, 0.1) is 6.92 Å². The minimum atomic E-state index is -0.306. The highest BCUT2D eigenvalue weighted by atomic mass is 35.5. The van der Waals surface area contributed by atoms with E-state index in [9.17, 15) is 0 Å². The molecule has 0 saturated heterocycles. The van der Waals surface area contributed by atoms with Crippen LogP contribution in [0.15, 0.2) is 36.4 Å². The average Bonchev–Trinajstić information content (AvgIpc) is 2.38. The zero-order valence-electron chi connectivity index (χ0n) is 10.8. The summed E-state index contributed by atoms with van der Waals surface area (Å²) >= 11 is 12.2. The average molecular weight is 296 g/mol. The van der Waals surface area contributed by atoms with Gasteiger partial charge >= 0.3 is 0 Å². The minimum absolute atomic E-state index is 0.306. The van der Waals surface area contributed by atoms with Crippen molar-refractivity contribution in [2.24, 2.45) is 5.73 Å². The number of hydrogen-bond donors (Lipinski definition) is 1. The third-order valence-electron chi connectivity index (χ3n) is 3.03. The van der Waals surface area contributed by atoms with E-state index in [4.69, 9.17) is 33.7 Å². The van der Waals surface area contributed by atoms with E-state index in [1.807, 2.05) is 37.3 Å². The van der Waals surface area contributed by atoms with Crippen molar-refractivity contribution in [3.05, 3.63) is 63.1 Å². The fraction of sp³-hybridized carbons (Fsp3) is 0.200. The van der Waals surface area contributed by atoms with Crippen LogP contribution in [0.1, 0.15) is 22.7 Å². The lowest BCUT2D eigenvalue weighted by Crippen LogP contribution is -2.12. The summed E-state index contributed by atoms with van der Waals surface area (Å²) in [5.74, 6) is 0.609. The maximum absolute atomic E-state index is 6.26. The summed E-state index contributed by atoms with van der Waals surface area (Å²) in [7, 11) is 1.58. The number of nitrogens with two attached hydrogens (primary N) is 1. The second kappa shape index (κ2) is 5.83. The van der Waals surface area contributed by atoms with Gasteiger partial charge < -0.3 is 10.5 Å². The van der Waals surface area contributed by atoms with Crippen LogP contribution in [0.4, 0.5) is 0 Å². The summed E-state index contributed by atoms with van der Waals surface area (Å²) < 4.78 is 5.20. The molecule has 0 spiro atoms. The topological polar surface area (TPSA) is 35.2 Å². The molecule has 2 nitrogen and oxygen atoms in total. The Kier molecular flexibility index (Phi) is 4.35. The van der Waals surface area contributed by atoms with Gasteiger partial charge in [-0.3, -0.25) is 0 Å². The Balaban J connectivity index is 2.40. The fourth-order valence-corrected chi connectivity index (χ4v) is 2.48. The maximum Gasteiger partial charge on any atom is 0.137 e. The molecule has 1 atom stereocenters. The zero-order chi connectivity index (χ0) is 14.0. The summed E-state index contributed by atoms with van der Waals surface area (Å²) in [6, 6.07) is 11.0. The van der Waals surface area contributed by atoms with Gasteiger partial charge in [0.05, 0.1) is 18.2 Å². The summed E-state index contributed by atoms with van der Waals surface area (Å²) in [5.41, 5.74) is 9.16. The molecule has 2 aromatic carbocycles. The number of aryl methyl sites for hydroxylation is 1. The van der Waals surface area contributed by atoms with Crippen LogP contribution in [-0.2, 0) is 0 Å². The van der Waals surface area contributed by atoms with Crippen LogP contribution in [0.2, 0.25) is 10.0 Å². The highest BCUT2D eigenvalue weighted by molar-refractivity contribution is 6.32. The number of methoxy groups -OCH3 is 1. The minimum Gasteiger partial charge on any atom is -0.495 e. The molecule has 0 saturated carbocycles. The molecule has 2 aromatic rings. The molecule has 0 heterocycles. The molecule has 2 rings (SSSR count). The lowest BCUT2D eigenvalue weighted by molar-refractivity contribution is 0.414. The van der Waals surface area contributed by atoms with E-state index in [0.717, 1.165) is 16.7 Å². The molecule has 2 N–H and O–H groups in total. The van der Waals surface area contributed by atoms with Crippen molar-refractivity contribution >= 4 is 23.2 Å². The van der Waals surface area contributed by atoms with Gasteiger partial charge in [0, 0.05) is 5.02 Å². The molecular formula is C15H15Cl2NO. The lowest BCUT2D eigenvalue weighted by atomic mass is 9.98. The van der Waals surface area contributed by atoms with Crippen molar-refractivity contribution in [3.63, 3.8) is 0 Å². The van der Waals surface area contributed by atoms with Crippen LogP contribution >= 0.6 is 23.2 Å². The molecule has 4 heteroatoms. The van der Waals surface area contributed by atoms with Gasteiger partial charge in [0.25, 0.3) is 0 Å². The van der Waals surface area contributed by atoms with Crippen LogP contribution in [0.5, 0.6) is 5.75 Å². The van der Waals surface area contributed by atoms with Crippen molar-refractivity contribution in [2.75, 3.05) is 7.11 Å². The quantitative estimate of drug-likeness (QED) is 0.913. The zero-order valence-corrected chi connectivity index (χ0v) is 12.3. The number of halogens is 2. The first-order chi connectivity index (χ1) is 9.02. The molecule has 0 aliphatic rings. The van der Waals surface area contributed by atoms with Crippen molar-refractivity contribution in [1.29, 1.82) is 0 Å². The van der Waals surface area contributed by atoms with E-state index in [-0.39, 0.29) is 6.04 Å². The van der Waals surface area contributed by atoms with Gasteiger partial charge in [0.1, 0.15) is 5.75 Å². The molecule has 0 amide bonds. The highest BCUT2D eigenvalue weighted by Gasteiger charge is 2.14. The Labute approximate surface area is 123 Å². The molecule has 1 unspecified atom stereocenters. The number of rotatable bonds is 3. The predicted octanol–water partition coefficient (Wildman–Crippen LogP) is 4.36. The Morgan fingerprint density at radius 2 is 1.79 bits per heavy atom. The van der Waals surface area contributed by atoms with Crippen LogP contribution in [0.3, 0.4) is 0 Å². The first-order valence-corrected chi connectivity index (χ1v) is 6.63. The lowest BCUT2D eigenvalue weighted by Gasteiger charge is -2.16. The fourth-order valence-electron chi connectivity index (χ4n) is 1.93. The molecule has 19 heavy (non-hydrogen) atoms. The molecule has 0 fully saturated rings. The van der Waals surface area contributed by atoms with Crippen LogP contribution in [-0.4, -0.2) is 7.11 Å². The van der Waals surface area contributed by atoms with Crippen molar-refractivity contribution in [1.82, 2.24) is 0 Å². The molecule has 0 aliphatic heterocycles. The van der Waals surface area contributed by atoms with Crippen molar-refractivity contribution in [2.45, 2.75) is 13.0 Å². The largest absolute Gasteiger partial charge is 0.495 e. The Morgan fingerprint density at radius 1 is 1.05 bits per heavy atom. The predicted molar refractivity (Wildman–Crippen MR) is 80.2 cm³/mol. The summed E-state index contributed by atoms with van der Waals surface area (Å²) in [6.45, 7) is 1.99. The summed E-state index contributed by atoms with van der Waals surface area (Å²) in [6.07, 6.45) is 0. The second-order valence-corrected chi connectivity index (χ2v) is 5.21. The van der Waals surface area contributed by atoms with Gasteiger partial charge in [-0.25, -0.2) is 0 Å². The third-order valence-corrected chi connectivity index (χ3v) is 3.66. The van der Waals surface area contributed by atoms with E-state index in [1.165, 1.54) is 0 Å². The van der Waals surface area contributed by atoms with Gasteiger partial charge in [0.2, 0.25) is 0 Å². The maximum atomic E-state index is 6.26. The third kappa shape index (κ3) is 3.03. The molecule has 0 aromatic heterocycles. The first kappa shape index (κ1) is 14.2.